The molecule has 5 heteroatoms. The molecule has 0 saturated heterocycles. The average molecular weight is 282 g/mol. The number of carboxylic acid groups (broad SMARTS) is 1. The molecule has 2 aliphatic rings. The van der Waals surface area contributed by atoms with Crippen LogP contribution in [0.4, 0.5) is 0 Å². The Balaban J connectivity index is 2.01. The van der Waals surface area contributed by atoms with Gasteiger partial charge in [-0.15, -0.1) is 0 Å². The van der Waals surface area contributed by atoms with Gasteiger partial charge in [0.15, 0.2) is 0 Å². The normalized spacial score (nSPS) is 37.6. The Hall–Kier alpha value is -1.10. The van der Waals surface area contributed by atoms with Gasteiger partial charge in [-0.1, -0.05) is 19.3 Å². The van der Waals surface area contributed by atoms with Gasteiger partial charge >= 0.3 is 5.97 Å². The summed E-state index contributed by atoms with van der Waals surface area (Å²) in [6.45, 7) is 2.29. The van der Waals surface area contributed by atoms with E-state index < -0.39 is 11.4 Å². The first kappa shape index (κ1) is 15.3. The molecule has 0 bridgehead atoms. The topological polar surface area (TPSA) is 92.4 Å². The molecule has 1 amide bonds. The molecule has 4 N–H and O–H groups in total. The maximum absolute atomic E-state index is 12.5. The highest BCUT2D eigenvalue weighted by Gasteiger charge is 2.46. The quantitative estimate of drug-likeness (QED) is 0.728. The van der Waals surface area contributed by atoms with Gasteiger partial charge in [0.2, 0.25) is 5.91 Å². The fourth-order valence-electron chi connectivity index (χ4n) is 3.77. The highest BCUT2D eigenvalue weighted by atomic mass is 16.4. The van der Waals surface area contributed by atoms with Crippen LogP contribution in [0.15, 0.2) is 0 Å². The van der Waals surface area contributed by atoms with E-state index in [-0.39, 0.29) is 23.8 Å². The van der Waals surface area contributed by atoms with Crippen LogP contribution in [0.1, 0.15) is 51.9 Å². The molecule has 20 heavy (non-hydrogen) atoms. The van der Waals surface area contributed by atoms with Gasteiger partial charge < -0.3 is 16.2 Å². The highest BCUT2D eigenvalue weighted by Crippen LogP contribution is 2.39. The number of carbonyl (C=O) groups is 2. The molecule has 0 spiro atoms. The molecule has 0 aromatic carbocycles. The summed E-state index contributed by atoms with van der Waals surface area (Å²) in [5, 5.41) is 12.4. The standard InChI is InChI=1S/C15H26N2O3/c1-15(14(19)20)8-4-7-12(15)17-13(18)11-6-3-2-5-10(11)9-16/h10-12H,2-9,16H2,1H3,(H,17,18)(H,19,20). The monoisotopic (exact) mass is 282 g/mol. The number of nitrogens with two attached hydrogens (primary N) is 1. The van der Waals surface area contributed by atoms with E-state index in [2.05, 4.69) is 5.32 Å². The zero-order valence-corrected chi connectivity index (χ0v) is 12.2. The van der Waals surface area contributed by atoms with Crippen molar-refractivity contribution in [3.05, 3.63) is 0 Å². The molecule has 0 aromatic heterocycles. The van der Waals surface area contributed by atoms with Crippen molar-refractivity contribution in [3.63, 3.8) is 0 Å². The van der Waals surface area contributed by atoms with Gasteiger partial charge in [-0.25, -0.2) is 0 Å². The third-order valence-corrected chi connectivity index (χ3v) is 5.31. The van der Waals surface area contributed by atoms with E-state index in [1.165, 1.54) is 0 Å². The van der Waals surface area contributed by atoms with Gasteiger partial charge in [0, 0.05) is 12.0 Å². The van der Waals surface area contributed by atoms with Crippen LogP contribution in [0.5, 0.6) is 0 Å². The van der Waals surface area contributed by atoms with E-state index >= 15 is 0 Å². The summed E-state index contributed by atoms with van der Waals surface area (Å²) in [6, 6.07) is -0.243. The summed E-state index contributed by atoms with van der Waals surface area (Å²) in [5.74, 6) is -0.576. The molecule has 2 fully saturated rings. The fourth-order valence-corrected chi connectivity index (χ4v) is 3.77. The summed E-state index contributed by atoms with van der Waals surface area (Å²) in [4.78, 5) is 23.9. The van der Waals surface area contributed by atoms with Gasteiger partial charge in [0.05, 0.1) is 5.41 Å². The first-order chi connectivity index (χ1) is 9.49. The van der Waals surface area contributed by atoms with Crippen LogP contribution in [0, 0.1) is 17.3 Å². The van der Waals surface area contributed by atoms with Crippen molar-refractivity contribution in [1.82, 2.24) is 5.32 Å². The molecular weight excluding hydrogens is 256 g/mol. The third kappa shape index (κ3) is 2.82. The van der Waals surface area contributed by atoms with Gasteiger partial charge in [0.1, 0.15) is 0 Å². The molecule has 2 aliphatic carbocycles. The number of carboxylic acids is 1. The Labute approximate surface area is 120 Å². The highest BCUT2D eigenvalue weighted by molar-refractivity contribution is 5.82. The Morgan fingerprint density at radius 2 is 1.95 bits per heavy atom. The fraction of sp³-hybridized carbons (Fsp3) is 0.867. The molecule has 2 saturated carbocycles. The zero-order valence-electron chi connectivity index (χ0n) is 12.2. The number of hydrogen-bond acceptors (Lipinski definition) is 3. The average Bonchev–Trinajstić information content (AvgIpc) is 2.81. The lowest BCUT2D eigenvalue weighted by Gasteiger charge is -2.33. The van der Waals surface area contributed by atoms with Gasteiger partial charge in [0.25, 0.3) is 0 Å². The van der Waals surface area contributed by atoms with E-state index in [0.717, 1.165) is 38.5 Å². The summed E-state index contributed by atoms with van der Waals surface area (Å²) >= 11 is 0. The van der Waals surface area contributed by atoms with Crippen LogP contribution >= 0.6 is 0 Å². The molecule has 0 aromatic rings. The van der Waals surface area contributed by atoms with Gasteiger partial charge in [-0.3, -0.25) is 9.59 Å². The Morgan fingerprint density at radius 1 is 1.25 bits per heavy atom. The van der Waals surface area contributed by atoms with E-state index in [1.54, 1.807) is 6.92 Å². The maximum atomic E-state index is 12.5. The number of rotatable bonds is 4. The number of nitrogens with one attached hydrogen (secondary N) is 1. The van der Waals surface area contributed by atoms with Crippen LogP contribution in [-0.4, -0.2) is 29.6 Å². The van der Waals surface area contributed by atoms with Crippen LogP contribution < -0.4 is 11.1 Å². The molecule has 4 unspecified atom stereocenters. The third-order valence-electron chi connectivity index (χ3n) is 5.31. The predicted molar refractivity (Wildman–Crippen MR) is 76.0 cm³/mol. The Bertz CT molecular complexity index is 385. The summed E-state index contributed by atoms with van der Waals surface area (Å²) in [5.41, 5.74) is 4.95. The lowest BCUT2D eigenvalue weighted by Crippen LogP contribution is -2.50. The lowest BCUT2D eigenvalue weighted by molar-refractivity contribution is -0.149. The number of hydrogen-bond donors (Lipinski definition) is 3. The van der Waals surface area contributed by atoms with Crippen molar-refractivity contribution in [1.29, 1.82) is 0 Å². The van der Waals surface area contributed by atoms with E-state index in [4.69, 9.17) is 5.73 Å². The summed E-state index contributed by atoms with van der Waals surface area (Å²) in [7, 11) is 0. The number of amides is 1. The zero-order chi connectivity index (χ0) is 14.8. The van der Waals surface area contributed by atoms with Gasteiger partial charge in [-0.05, 0) is 45.1 Å². The summed E-state index contributed by atoms with van der Waals surface area (Å²) < 4.78 is 0. The first-order valence-corrected chi connectivity index (χ1v) is 7.73. The van der Waals surface area contributed by atoms with Crippen molar-refractivity contribution in [2.24, 2.45) is 23.0 Å². The molecule has 4 atom stereocenters. The smallest absolute Gasteiger partial charge is 0.311 e. The van der Waals surface area contributed by atoms with Crippen molar-refractivity contribution in [3.8, 4) is 0 Å². The second-order valence-corrected chi connectivity index (χ2v) is 6.56. The largest absolute Gasteiger partial charge is 0.481 e. The lowest BCUT2D eigenvalue weighted by atomic mass is 9.78. The maximum Gasteiger partial charge on any atom is 0.311 e. The molecule has 0 radical (unpaired) electrons. The minimum Gasteiger partial charge on any atom is -0.481 e. The number of aliphatic carboxylic acids is 1. The van der Waals surface area contributed by atoms with Gasteiger partial charge in [-0.2, -0.15) is 0 Å². The minimum absolute atomic E-state index is 0.0134. The van der Waals surface area contributed by atoms with Crippen molar-refractivity contribution < 1.29 is 14.7 Å². The summed E-state index contributed by atoms with van der Waals surface area (Å²) in [6.07, 6.45) is 6.35. The molecule has 2 rings (SSSR count). The Morgan fingerprint density at radius 3 is 2.60 bits per heavy atom. The first-order valence-electron chi connectivity index (χ1n) is 7.73. The minimum atomic E-state index is -0.817. The van der Waals surface area contributed by atoms with E-state index in [1.807, 2.05) is 0 Å². The van der Waals surface area contributed by atoms with Crippen LogP contribution in [0.2, 0.25) is 0 Å². The van der Waals surface area contributed by atoms with Crippen molar-refractivity contribution in [2.45, 2.75) is 57.9 Å². The van der Waals surface area contributed by atoms with Crippen molar-refractivity contribution >= 4 is 11.9 Å². The molecule has 0 heterocycles. The predicted octanol–water partition coefficient (Wildman–Crippen LogP) is 1.51. The van der Waals surface area contributed by atoms with Crippen molar-refractivity contribution in [2.75, 3.05) is 6.54 Å². The number of carbonyl (C=O) groups excluding carboxylic acids is 1. The van der Waals surface area contributed by atoms with E-state index in [9.17, 15) is 14.7 Å². The van der Waals surface area contributed by atoms with Crippen LogP contribution in [-0.2, 0) is 9.59 Å². The Kier molecular flexibility index (Phi) is 4.68. The SMILES string of the molecule is CC1(C(=O)O)CCCC1NC(=O)C1CCCCC1CN. The second-order valence-electron chi connectivity index (χ2n) is 6.56. The molecule has 5 nitrogen and oxygen atoms in total. The molecule has 114 valence electrons. The second kappa shape index (κ2) is 6.12. The van der Waals surface area contributed by atoms with Crippen LogP contribution in [0.3, 0.4) is 0 Å². The molecule has 0 aliphatic heterocycles. The molecular formula is C15H26N2O3. The van der Waals surface area contributed by atoms with Crippen LogP contribution in [0.25, 0.3) is 0 Å². The van der Waals surface area contributed by atoms with E-state index in [0.29, 0.717) is 13.0 Å².